The Kier molecular flexibility index (Phi) is 4.77. The zero-order valence-corrected chi connectivity index (χ0v) is 11.9. The van der Waals surface area contributed by atoms with Gasteiger partial charge < -0.3 is 15.4 Å². The molecule has 0 bridgehead atoms. The van der Waals surface area contributed by atoms with Gasteiger partial charge in [-0.05, 0) is 29.8 Å². The van der Waals surface area contributed by atoms with Gasteiger partial charge in [-0.15, -0.1) is 0 Å². The van der Waals surface area contributed by atoms with E-state index in [9.17, 15) is 9.18 Å². The lowest BCUT2D eigenvalue weighted by Crippen LogP contribution is -2.17. The first-order valence-corrected chi connectivity index (χ1v) is 6.52. The van der Waals surface area contributed by atoms with Crippen LogP contribution in [0.5, 0.6) is 5.75 Å². The third-order valence-corrected chi connectivity index (χ3v) is 3.09. The SMILES string of the molecule is CNC(=O)c1ccc(CNc2ccc(OC)c(F)c2)cc1. The van der Waals surface area contributed by atoms with E-state index >= 15 is 0 Å². The molecule has 5 heteroatoms. The van der Waals surface area contributed by atoms with Gasteiger partial charge in [-0.25, -0.2) is 4.39 Å². The van der Waals surface area contributed by atoms with Crippen LogP contribution in [-0.4, -0.2) is 20.1 Å². The molecule has 0 heterocycles. The smallest absolute Gasteiger partial charge is 0.251 e. The molecule has 2 N–H and O–H groups in total. The lowest BCUT2D eigenvalue weighted by atomic mass is 10.1. The van der Waals surface area contributed by atoms with Crippen molar-refractivity contribution in [2.75, 3.05) is 19.5 Å². The average molecular weight is 288 g/mol. The van der Waals surface area contributed by atoms with Gasteiger partial charge in [-0.1, -0.05) is 12.1 Å². The summed E-state index contributed by atoms with van der Waals surface area (Å²) in [6.07, 6.45) is 0. The summed E-state index contributed by atoms with van der Waals surface area (Å²) in [5.74, 6) is -0.306. The topological polar surface area (TPSA) is 50.4 Å². The van der Waals surface area contributed by atoms with Gasteiger partial charge in [0.2, 0.25) is 0 Å². The lowest BCUT2D eigenvalue weighted by Gasteiger charge is -2.09. The molecule has 0 atom stereocenters. The number of halogens is 1. The Bertz CT molecular complexity index is 627. The number of benzene rings is 2. The number of ether oxygens (including phenoxy) is 1. The largest absolute Gasteiger partial charge is 0.494 e. The molecule has 0 aliphatic rings. The number of anilines is 1. The van der Waals surface area contributed by atoms with Crippen LogP contribution >= 0.6 is 0 Å². The minimum absolute atomic E-state index is 0.119. The molecule has 2 aromatic rings. The van der Waals surface area contributed by atoms with Crippen LogP contribution in [0, 0.1) is 5.82 Å². The minimum Gasteiger partial charge on any atom is -0.494 e. The monoisotopic (exact) mass is 288 g/mol. The van der Waals surface area contributed by atoms with Crippen LogP contribution in [0.3, 0.4) is 0 Å². The molecule has 0 aliphatic heterocycles. The van der Waals surface area contributed by atoms with E-state index in [1.54, 1.807) is 31.3 Å². The molecule has 0 spiro atoms. The highest BCUT2D eigenvalue weighted by Crippen LogP contribution is 2.21. The van der Waals surface area contributed by atoms with Crippen molar-refractivity contribution in [3.8, 4) is 5.75 Å². The standard InChI is InChI=1S/C16H17FN2O2/c1-18-16(20)12-5-3-11(4-6-12)10-19-13-7-8-15(21-2)14(17)9-13/h3-9,19H,10H2,1-2H3,(H,18,20). The molecule has 0 saturated carbocycles. The van der Waals surface area contributed by atoms with Crippen LogP contribution in [0.4, 0.5) is 10.1 Å². The Morgan fingerprint density at radius 2 is 1.90 bits per heavy atom. The number of methoxy groups -OCH3 is 1. The molecular weight excluding hydrogens is 271 g/mol. The van der Waals surface area contributed by atoms with Crippen LogP contribution in [0.15, 0.2) is 42.5 Å². The van der Waals surface area contributed by atoms with E-state index in [4.69, 9.17) is 4.74 Å². The van der Waals surface area contributed by atoms with Crippen molar-refractivity contribution in [2.45, 2.75) is 6.54 Å². The summed E-state index contributed by atoms with van der Waals surface area (Å²) in [4.78, 5) is 11.4. The summed E-state index contributed by atoms with van der Waals surface area (Å²) in [5.41, 5.74) is 2.28. The third-order valence-electron chi connectivity index (χ3n) is 3.09. The van der Waals surface area contributed by atoms with Crippen LogP contribution in [0.1, 0.15) is 15.9 Å². The molecular formula is C16H17FN2O2. The molecule has 0 saturated heterocycles. The molecule has 0 fully saturated rings. The fraction of sp³-hybridized carbons (Fsp3) is 0.188. The summed E-state index contributed by atoms with van der Waals surface area (Å²) in [6.45, 7) is 0.541. The first-order chi connectivity index (χ1) is 10.1. The van der Waals surface area contributed by atoms with Gasteiger partial charge in [0.1, 0.15) is 0 Å². The predicted octanol–water partition coefficient (Wildman–Crippen LogP) is 2.81. The minimum atomic E-state index is -0.405. The van der Waals surface area contributed by atoms with Gasteiger partial charge in [0, 0.05) is 30.9 Å². The van der Waals surface area contributed by atoms with Crippen molar-refractivity contribution < 1.29 is 13.9 Å². The van der Waals surface area contributed by atoms with Crippen molar-refractivity contribution in [1.29, 1.82) is 0 Å². The number of hydrogen-bond acceptors (Lipinski definition) is 3. The maximum Gasteiger partial charge on any atom is 0.251 e. The van der Waals surface area contributed by atoms with Gasteiger partial charge in [0.05, 0.1) is 7.11 Å². The molecule has 110 valence electrons. The summed E-state index contributed by atoms with van der Waals surface area (Å²) in [6, 6.07) is 11.9. The highest BCUT2D eigenvalue weighted by molar-refractivity contribution is 5.93. The van der Waals surface area contributed by atoms with E-state index in [-0.39, 0.29) is 11.7 Å². The molecule has 0 radical (unpaired) electrons. The summed E-state index contributed by atoms with van der Waals surface area (Å²) in [5, 5.41) is 5.69. The third kappa shape index (κ3) is 3.72. The number of nitrogens with one attached hydrogen (secondary N) is 2. The first kappa shape index (κ1) is 14.8. The van der Waals surface area contributed by atoms with Crippen LogP contribution < -0.4 is 15.4 Å². The zero-order valence-electron chi connectivity index (χ0n) is 11.9. The van der Waals surface area contributed by atoms with E-state index in [1.807, 2.05) is 12.1 Å². The normalized spacial score (nSPS) is 10.0. The number of carbonyl (C=O) groups excluding carboxylic acids is 1. The Labute approximate surface area is 122 Å². The van der Waals surface area contributed by atoms with E-state index < -0.39 is 5.82 Å². The molecule has 2 rings (SSSR count). The first-order valence-electron chi connectivity index (χ1n) is 6.52. The average Bonchev–Trinajstić information content (AvgIpc) is 2.52. The number of rotatable bonds is 5. The fourth-order valence-corrected chi connectivity index (χ4v) is 1.90. The van der Waals surface area contributed by atoms with Crippen LogP contribution in [0.25, 0.3) is 0 Å². The zero-order chi connectivity index (χ0) is 15.2. The molecule has 21 heavy (non-hydrogen) atoms. The second-order valence-electron chi connectivity index (χ2n) is 4.48. The number of carbonyl (C=O) groups is 1. The number of amides is 1. The maximum absolute atomic E-state index is 13.5. The van der Waals surface area contributed by atoms with Crippen molar-refractivity contribution >= 4 is 11.6 Å². The Morgan fingerprint density at radius 1 is 1.19 bits per heavy atom. The van der Waals surface area contributed by atoms with Crippen molar-refractivity contribution in [3.63, 3.8) is 0 Å². The van der Waals surface area contributed by atoms with Crippen molar-refractivity contribution in [3.05, 3.63) is 59.4 Å². The Morgan fingerprint density at radius 3 is 2.48 bits per heavy atom. The van der Waals surface area contributed by atoms with Gasteiger partial charge in [-0.2, -0.15) is 0 Å². The molecule has 1 amide bonds. The van der Waals surface area contributed by atoms with E-state index in [2.05, 4.69) is 10.6 Å². The molecule has 0 aliphatic carbocycles. The van der Waals surface area contributed by atoms with Crippen LogP contribution in [0.2, 0.25) is 0 Å². The van der Waals surface area contributed by atoms with Crippen molar-refractivity contribution in [2.24, 2.45) is 0 Å². The summed E-state index contributed by atoms with van der Waals surface area (Å²) in [7, 11) is 3.02. The Hall–Kier alpha value is -2.56. The van der Waals surface area contributed by atoms with Gasteiger partial charge in [0.15, 0.2) is 11.6 Å². The fourth-order valence-electron chi connectivity index (χ4n) is 1.90. The maximum atomic E-state index is 13.5. The lowest BCUT2D eigenvalue weighted by molar-refractivity contribution is 0.0963. The highest BCUT2D eigenvalue weighted by atomic mass is 19.1. The molecule has 0 aromatic heterocycles. The van der Waals surface area contributed by atoms with E-state index in [1.165, 1.54) is 13.2 Å². The Balaban J connectivity index is 1.99. The quantitative estimate of drug-likeness (QED) is 0.889. The molecule has 4 nitrogen and oxygen atoms in total. The van der Waals surface area contributed by atoms with Crippen LogP contribution in [-0.2, 0) is 6.54 Å². The number of hydrogen-bond donors (Lipinski definition) is 2. The second kappa shape index (κ2) is 6.74. The van der Waals surface area contributed by atoms with E-state index in [0.717, 1.165) is 5.56 Å². The molecule has 2 aromatic carbocycles. The van der Waals surface area contributed by atoms with Gasteiger partial charge in [-0.3, -0.25) is 4.79 Å². The van der Waals surface area contributed by atoms with E-state index in [0.29, 0.717) is 17.8 Å². The van der Waals surface area contributed by atoms with Crippen molar-refractivity contribution in [1.82, 2.24) is 5.32 Å². The predicted molar refractivity (Wildman–Crippen MR) is 80.1 cm³/mol. The summed E-state index contributed by atoms with van der Waals surface area (Å²) >= 11 is 0. The summed E-state index contributed by atoms with van der Waals surface area (Å²) < 4.78 is 18.4. The van der Waals surface area contributed by atoms with Gasteiger partial charge in [0.25, 0.3) is 5.91 Å². The van der Waals surface area contributed by atoms with Gasteiger partial charge >= 0.3 is 0 Å². The molecule has 0 unspecified atom stereocenters. The highest BCUT2D eigenvalue weighted by Gasteiger charge is 2.04. The second-order valence-corrected chi connectivity index (χ2v) is 4.48.